The lowest BCUT2D eigenvalue weighted by Gasteiger charge is -2.37. The Hall–Kier alpha value is -2.76. The smallest absolute Gasteiger partial charge is 0.269 e. The molecule has 2 aromatic carbocycles. The van der Waals surface area contributed by atoms with Gasteiger partial charge in [0.1, 0.15) is 4.90 Å². The van der Waals surface area contributed by atoms with E-state index in [1.165, 1.54) is 18.2 Å². The van der Waals surface area contributed by atoms with E-state index in [0.29, 0.717) is 24.4 Å². The lowest BCUT2D eigenvalue weighted by Crippen LogP contribution is -2.44. The summed E-state index contributed by atoms with van der Waals surface area (Å²) in [6.45, 7) is 5.75. The zero-order chi connectivity index (χ0) is 26.6. The quantitative estimate of drug-likeness (QED) is 0.428. The highest BCUT2D eigenvalue weighted by Gasteiger charge is 2.43. The number of hydrogen-bond acceptors (Lipinski definition) is 6. The number of piperidine rings is 1. The third-order valence-electron chi connectivity index (χ3n) is 6.90. The van der Waals surface area contributed by atoms with Crippen molar-refractivity contribution in [2.45, 2.75) is 56.5 Å². The van der Waals surface area contributed by atoms with E-state index in [4.69, 9.17) is 11.6 Å². The van der Waals surface area contributed by atoms with E-state index in [9.17, 15) is 18.0 Å². The number of aromatic nitrogens is 3. The van der Waals surface area contributed by atoms with Crippen molar-refractivity contribution in [3.8, 4) is 5.69 Å². The molecule has 1 fully saturated rings. The van der Waals surface area contributed by atoms with Crippen LogP contribution in [0.25, 0.3) is 5.69 Å². The predicted octanol–water partition coefficient (Wildman–Crippen LogP) is 4.64. The van der Waals surface area contributed by atoms with E-state index in [1.807, 2.05) is 25.3 Å². The van der Waals surface area contributed by atoms with Crippen LogP contribution in [0, 0.1) is 0 Å². The standard InChI is InChI=1S/C25H25BrClN5O4S/c1-14(2)32-25(34)19-6-4-17(11-23(19)37(32,35)36)24(33)30-9-8-16(10-15(30)3)22-13-31(29-28-22)18-5-7-21(27)20(26)12-18/h4-7,11-16H,8-10H2,1-3H3. The fourth-order valence-electron chi connectivity index (χ4n) is 5.02. The zero-order valence-electron chi connectivity index (χ0n) is 20.4. The number of sulfonamides is 1. The van der Waals surface area contributed by atoms with E-state index in [-0.39, 0.29) is 33.9 Å². The Labute approximate surface area is 228 Å². The highest BCUT2D eigenvalue weighted by Crippen LogP contribution is 2.35. The third kappa shape index (κ3) is 4.46. The van der Waals surface area contributed by atoms with Gasteiger partial charge < -0.3 is 4.90 Å². The van der Waals surface area contributed by atoms with Crippen molar-refractivity contribution in [2.24, 2.45) is 0 Å². The second kappa shape index (κ2) is 9.52. The van der Waals surface area contributed by atoms with E-state index >= 15 is 0 Å². The van der Waals surface area contributed by atoms with Crippen LogP contribution in [0.5, 0.6) is 0 Å². The van der Waals surface area contributed by atoms with Crippen LogP contribution in [0.1, 0.15) is 65.9 Å². The lowest BCUT2D eigenvalue weighted by molar-refractivity contribution is 0.0613. The van der Waals surface area contributed by atoms with Gasteiger partial charge in [0, 0.05) is 34.6 Å². The fraction of sp³-hybridized carbons (Fsp3) is 0.360. The summed E-state index contributed by atoms with van der Waals surface area (Å²) in [7, 11) is -3.98. The molecule has 5 rings (SSSR count). The number of halogens is 2. The lowest BCUT2D eigenvalue weighted by atomic mass is 9.89. The van der Waals surface area contributed by atoms with E-state index < -0.39 is 22.0 Å². The van der Waals surface area contributed by atoms with Gasteiger partial charge in [0.15, 0.2) is 0 Å². The molecule has 0 spiro atoms. The van der Waals surface area contributed by atoms with Gasteiger partial charge in [-0.15, -0.1) is 5.10 Å². The van der Waals surface area contributed by atoms with Crippen LogP contribution < -0.4 is 0 Å². The van der Waals surface area contributed by atoms with E-state index in [0.717, 1.165) is 20.2 Å². The fourth-order valence-corrected chi connectivity index (χ4v) is 7.29. The number of carbonyl (C=O) groups excluding carboxylic acids is 2. The number of benzene rings is 2. The molecule has 0 aliphatic carbocycles. The summed E-state index contributed by atoms with van der Waals surface area (Å²) in [6, 6.07) is 9.22. The van der Waals surface area contributed by atoms with Crippen LogP contribution >= 0.6 is 27.5 Å². The minimum absolute atomic E-state index is 0.0975. The summed E-state index contributed by atoms with van der Waals surface area (Å²) in [4.78, 5) is 27.7. The van der Waals surface area contributed by atoms with E-state index in [1.54, 1.807) is 29.5 Å². The molecule has 9 nitrogen and oxygen atoms in total. The summed E-state index contributed by atoms with van der Waals surface area (Å²) in [6.07, 6.45) is 3.28. The maximum Gasteiger partial charge on any atom is 0.269 e. The van der Waals surface area contributed by atoms with Gasteiger partial charge in [0.25, 0.3) is 21.8 Å². The van der Waals surface area contributed by atoms with Crippen LogP contribution in [-0.2, 0) is 10.0 Å². The third-order valence-corrected chi connectivity index (χ3v) is 10.1. The maximum absolute atomic E-state index is 13.4. The topological polar surface area (TPSA) is 105 Å². The summed E-state index contributed by atoms with van der Waals surface area (Å²) in [5.41, 5.74) is 2.04. The molecule has 1 saturated heterocycles. The molecule has 0 radical (unpaired) electrons. The van der Waals surface area contributed by atoms with Crippen molar-refractivity contribution in [1.29, 1.82) is 0 Å². The van der Waals surface area contributed by atoms with Crippen LogP contribution in [0.3, 0.4) is 0 Å². The second-order valence-electron chi connectivity index (χ2n) is 9.67. The van der Waals surface area contributed by atoms with Crippen molar-refractivity contribution in [3.63, 3.8) is 0 Å². The minimum Gasteiger partial charge on any atom is -0.336 e. The minimum atomic E-state index is -3.98. The van der Waals surface area contributed by atoms with Crippen molar-refractivity contribution < 1.29 is 18.0 Å². The average Bonchev–Trinajstić information content (AvgIpc) is 3.41. The first-order chi connectivity index (χ1) is 17.5. The predicted molar refractivity (Wildman–Crippen MR) is 141 cm³/mol. The Bertz CT molecular complexity index is 1520. The normalized spacial score (nSPS) is 21.0. The van der Waals surface area contributed by atoms with Gasteiger partial charge >= 0.3 is 0 Å². The molecule has 12 heteroatoms. The Morgan fingerprint density at radius 2 is 1.95 bits per heavy atom. The summed E-state index contributed by atoms with van der Waals surface area (Å²) < 4.78 is 29.2. The van der Waals surface area contributed by atoms with Crippen LogP contribution in [0.15, 0.2) is 52.0 Å². The molecule has 0 N–H and O–H groups in total. The molecule has 2 amide bonds. The Kier molecular flexibility index (Phi) is 6.66. The highest BCUT2D eigenvalue weighted by molar-refractivity contribution is 9.10. The Balaban J connectivity index is 1.32. The first-order valence-electron chi connectivity index (χ1n) is 11.9. The van der Waals surface area contributed by atoms with Crippen molar-refractivity contribution >= 4 is 49.4 Å². The van der Waals surface area contributed by atoms with Gasteiger partial charge in [-0.1, -0.05) is 16.8 Å². The van der Waals surface area contributed by atoms with Gasteiger partial charge in [-0.25, -0.2) is 17.4 Å². The second-order valence-corrected chi connectivity index (χ2v) is 12.7. The van der Waals surface area contributed by atoms with Crippen LogP contribution in [0.2, 0.25) is 5.02 Å². The number of nitrogens with zero attached hydrogens (tertiary/aromatic N) is 5. The molecule has 1 aromatic heterocycles. The Morgan fingerprint density at radius 1 is 1.19 bits per heavy atom. The molecule has 2 aliphatic rings. The number of rotatable bonds is 4. The molecule has 194 valence electrons. The van der Waals surface area contributed by atoms with Gasteiger partial charge in [0.2, 0.25) is 0 Å². The summed E-state index contributed by atoms with van der Waals surface area (Å²) in [5, 5.41) is 9.25. The van der Waals surface area contributed by atoms with Gasteiger partial charge in [0.05, 0.1) is 28.2 Å². The number of carbonyl (C=O) groups is 2. The van der Waals surface area contributed by atoms with E-state index in [2.05, 4.69) is 26.2 Å². The van der Waals surface area contributed by atoms with Crippen molar-refractivity contribution in [3.05, 3.63) is 68.9 Å². The molecular weight excluding hydrogens is 582 g/mol. The van der Waals surface area contributed by atoms with Gasteiger partial charge in [-0.05, 0) is 85.9 Å². The maximum atomic E-state index is 13.4. The molecule has 3 heterocycles. The number of likely N-dealkylation sites (tertiary alicyclic amines) is 1. The molecule has 2 atom stereocenters. The number of amides is 2. The van der Waals surface area contributed by atoms with Crippen molar-refractivity contribution in [2.75, 3.05) is 6.54 Å². The average molecular weight is 607 g/mol. The van der Waals surface area contributed by atoms with Crippen molar-refractivity contribution in [1.82, 2.24) is 24.2 Å². The molecule has 0 saturated carbocycles. The first kappa shape index (κ1) is 25.9. The Morgan fingerprint density at radius 3 is 2.62 bits per heavy atom. The molecular formula is C25H25BrClN5O4S. The first-order valence-corrected chi connectivity index (χ1v) is 14.5. The summed E-state index contributed by atoms with van der Waals surface area (Å²) >= 11 is 9.52. The monoisotopic (exact) mass is 605 g/mol. The molecule has 2 unspecified atom stereocenters. The van der Waals surface area contributed by atoms with Crippen LogP contribution in [0.4, 0.5) is 0 Å². The SMILES string of the molecule is CC1CC(c2cn(-c3ccc(Cl)c(Br)c3)nn2)CCN1C(=O)c1ccc2c(c1)S(=O)(=O)N(C(C)C)C2=O. The molecule has 2 aliphatic heterocycles. The largest absolute Gasteiger partial charge is 0.336 e. The van der Waals surface area contributed by atoms with Crippen LogP contribution in [-0.4, -0.2) is 63.1 Å². The summed E-state index contributed by atoms with van der Waals surface area (Å²) in [5.74, 6) is -0.688. The zero-order valence-corrected chi connectivity index (χ0v) is 23.6. The molecule has 37 heavy (non-hydrogen) atoms. The van der Waals surface area contributed by atoms with Gasteiger partial charge in [-0.3, -0.25) is 9.59 Å². The molecule has 0 bridgehead atoms. The number of fused-ring (bicyclic) bond motifs is 1. The highest BCUT2D eigenvalue weighted by atomic mass is 79.9. The molecule has 3 aromatic rings. The van der Waals surface area contributed by atoms with Gasteiger partial charge in [-0.2, -0.15) is 0 Å². The number of hydrogen-bond donors (Lipinski definition) is 0.